The first-order valence-electron chi connectivity index (χ1n) is 33.7. The molecule has 7 aliphatic carbocycles. The van der Waals surface area contributed by atoms with Gasteiger partial charge in [0.05, 0.1) is 5.41 Å². The zero-order chi connectivity index (χ0) is 60.5. The maximum absolute atomic E-state index is 2.62. The molecule has 0 N–H and O–H groups in total. The van der Waals surface area contributed by atoms with E-state index in [2.05, 4.69) is 314 Å². The Morgan fingerprint density at radius 2 is 0.598 bits per heavy atom. The van der Waals surface area contributed by atoms with E-state index in [1.54, 1.807) is 11.1 Å². The van der Waals surface area contributed by atoms with Crippen molar-refractivity contribution in [1.29, 1.82) is 0 Å². The SMILES string of the molecule is c1ccc(-c2ccc(-c3cccc4c3CCc3c(-c5ccc(-c6ccccc6)cc5)cccc3C43c4ccccc4-c4ccc(N(c5ccc(-c6cccc(-c7ccccc7)c6)cc5)c5ccc6c(c5)-c5ccccc5C65C6CC7CC(C6)CC5C7)cc43)cc2)cc1. The average molecular weight is 1180 g/mol. The van der Waals surface area contributed by atoms with Crippen LogP contribution in [0.1, 0.15) is 76.6 Å². The molecule has 0 aromatic heterocycles. The largest absolute Gasteiger partial charge is 0.310 e. The molecule has 13 aromatic rings. The van der Waals surface area contributed by atoms with Crippen molar-refractivity contribution in [2.24, 2.45) is 23.7 Å². The molecule has 438 valence electrons. The summed E-state index contributed by atoms with van der Waals surface area (Å²) in [6.07, 6.45) is 8.70. The van der Waals surface area contributed by atoms with Crippen molar-refractivity contribution in [2.75, 3.05) is 4.90 Å². The third-order valence-corrected chi connectivity index (χ3v) is 22.9. The van der Waals surface area contributed by atoms with Crippen LogP contribution >= 0.6 is 0 Å². The summed E-state index contributed by atoms with van der Waals surface area (Å²) in [6, 6.07) is 118. The summed E-state index contributed by atoms with van der Waals surface area (Å²) >= 11 is 0. The van der Waals surface area contributed by atoms with E-state index < -0.39 is 5.41 Å². The van der Waals surface area contributed by atoms with E-state index in [0.717, 1.165) is 36.1 Å². The van der Waals surface area contributed by atoms with Crippen LogP contribution in [0.5, 0.6) is 0 Å². The van der Waals surface area contributed by atoms with Crippen molar-refractivity contribution in [3.05, 3.63) is 354 Å². The number of nitrogens with zero attached hydrogens (tertiary/aromatic N) is 1. The third kappa shape index (κ3) is 8.10. The van der Waals surface area contributed by atoms with E-state index in [1.807, 2.05) is 0 Å². The highest BCUT2D eigenvalue weighted by Gasteiger charge is 2.61. The van der Waals surface area contributed by atoms with Gasteiger partial charge >= 0.3 is 0 Å². The molecule has 0 heterocycles. The van der Waals surface area contributed by atoms with Crippen molar-refractivity contribution in [2.45, 2.75) is 55.8 Å². The Morgan fingerprint density at radius 1 is 0.228 bits per heavy atom. The molecule has 20 rings (SSSR count). The van der Waals surface area contributed by atoms with Crippen LogP contribution in [0, 0.1) is 23.7 Å². The molecule has 0 unspecified atom stereocenters. The second-order valence-electron chi connectivity index (χ2n) is 27.4. The van der Waals surface area contributed by atoms with Crippen molar-refractivity contribution >= 4 is 17.1 Å². The predicted octanol–water partition coefficient (Wildman–Crippen LogP) is 23.3. The lowest BCUT2D eigenvalue weighted by molar-refractivity contribution is -0.0399. The Bertz CT molecular complexity index is 4850. The first kappa shape index (κ1) is 53.5. The van der Waals surface area contributed by atoms with Gasteiger partial charge in [0.1, 0.15) is 0 Å². The van der Waals surface area contributed by atoms with Gasteiger partial charge in [0, 0.05) is 22.5 Å². The molecule has 0 radical (unpaired) electrons. The van der Waals surface area contributed by atoms with Crippen LogP contribution in [-0.4, -0.2) is 0 Å². The number of hydrogen-bond acceptors (Lipinski definition) is 1. The number of rotatable bonds is 9. The van der Waals surface area contributed by atoms with Crippen LogP contribution in [0.3, 0.4) is 0 Å². The van der Waals surface area contributed by atoms with E-state index in [4.69, 9.17) is 0 Å². The number of anilines is 3. The van der Waals surface area contributed by atoms with Crippen molar-refractivity contribution in [1.82, 2.24) is 0 Å². The van der Waals surface area contributed by atoms with Crippen LogP contribution in [0.2, 0.25) is 0 Å². The normalized spacial score (nSPS) is 19.6. The van der Waals surface area contributed by atoms with Crippen LogP contribution in [0.4, 0.5) is 17.1 Å². The van der Waals surface area contributed by atoms with Crippen molar-refractivity contribution in [3.63, 3.8) is 0 Å². The molecular formula is C91H69N. The molecule has 4 fully saturated rings. The zero-order valence-corrected chi connectivity index (χ0v) is 51.7. The minimum Gasteiger partial charge on any atom is -0.310 e. The topological polar surface area (TPSA) is 3.24 Å². The summed E-state index contributed by atoms with van der Waals surface area (Å²) in [7, 11) is 0. The lowest BCUT2D eigenvalue weighted by atomic mass is 9.43. The summed E-state index contributed by atoms with van der Waals surface area (Å²) < 4.78 is 0. The lowest BCUT2D eigenvalue weighted by Gasteiger charge is -2.61. The summed E-state index contributed by atoms with van der Waals surface area (Å²) in [5.41, 5.74) is 34.6. The molecule has 0 amide bonds. The van der Waals surface area contributed by atoms with E-state index in [-0.39, 0.29) is 5.41 Å². The van der Waals surface area contributed by atoms with Gasteiger partial charge in [-0.15, -0.1) is 0 Å². The van der Waals surface area contributed by atoms with E-state index in [1.165, 1.54) is 160 Å². The third-order valence-electron chi connectivity index (χ3n) is 22.9. The molecule has 0 aliphatic heterocycles. The maximum atomic E-state index is 2.62. The van der Waals surface area contributed by atoms with Gasteiger partial charge in [-0.1, -0.05) is 267 Å². The highest BCUT2D eigenvalue weighted by atomic mass is 15.1. The summed E-state index contributed by atoms with van der Waals surface area (Å²) in [5.74, 6) is 3.16. The smallest absolute Gasteiger partial charge is 0.0720 e. The molecule has 7 aliphatic rings. The van der Waals surface area contributed by atoms with Crippen LogP contribution in [0.25, 0.3) is 89.0 Å². The molecule has 92 heavy (non-hydrogen) atoms. The minimum atomic E-state index is -0.675. The highest BCUT2D eigenvalue weighted by molar-refractivity contribution is 5.94. The monoisotopic (exact) mass is 1180 g/mol. The van der Waals surface area contributed by atoms with E-state index in [0.29, 0.717) is 11.8 Å². The summed E-state index contributed by atoms with van der Waals surface area (Å²) in [6.45, 7) is 0. The predicted molar refractivity (Wildman–Crippen MR) is 382 cm³/mol. The Hall–Kier alpha value is -10.3. The Morgan fingerprint density at radius 3 is 1.16 bits per heavy atom. The molecule has 0 saturated heterocycles. The Labute approximate surface area is 541 Å². The van der Waals surface area contributed by atoms with E-state index in [9.17, 15) is 0 Å². The molecule has 1 heteroatoms. The van der Waals surface area contributed by atoms with Gasteiger partial charge in [-0.05, 0) is 245 Å². The second-order valence-corrected chi connectivity index (χ2v) is 27.4. The molecule has 4 bridgehead atoms. The second kappa shape index (κ2) is 21.1. The van der Waals surface area contributed by atoms with Gasteiger partial charge in [0.25, 0.3) is 0 Å². The van der Waals surface area contributed by atoms with Crippen LogP contribution in [0.15, 0.2) is 309 Å². The number of fused-ring (bicyclic) bond motifs is 12. The lowest BCUT2D eigenvalue weighted by Crippen LogP contribution is -2.55. The average Bonchev–Trinajstić information content (AvgIpc) is 1.72. The minimum absolute atomic E-state index is 0.0796. The van der Waals surface area contributed by atoms with Gasteiger partial charge in [-0.25, -0.2) is 0 Å². The Balaban J connectivity index is 0.828. The van der Waals surface area contributed by atoms with Gasteiger partial charge < -0.3 is 4.90 Å². The summed E-state index contributed by atoms with van der Waals surface area (Å²) in [4.78, 5) is 2.60. The van der Waals surface area contributed by atoms with Crippen LogP contribution < -0.4 is 4.90 Å². The fourth-order valence-electron chi connectivity index (χ4n) is 19.3. The fourth-order valence-corrected chi connectivity index (χ4v) is 19.3. The zero-order valence-electron chi connectivity index (χ0n) is 51.7. The fraction of sp³-hybridized carbons (Fsp3) is 0.143. The van der Waals surface area contributed by atoms with E-state index >= 15 is 0 Å². The maximum Gasteiger partial charge on any atom is 0.0720 e. The molecule has 2 spiro atoms. The molecule has 13 aromatic carbocycles. The van der Waals surface area contributed by atoms with Gasteiger partial charge in [-0.2, -0.15) is 0 Å². The summed E-state index contributed by atoms with van der Waals surface area (Å²) in [5, 5.41) is 0. The van der Waals surface area contributed by atoms with Gasteiger partial charge in [-0.3, -0.25) is 0 Å². The van der Waals surface area contributed by atoms with Crippen molar-refractivity contribution in [3.8, 4) is 89.0 Å². The van der Waals surface area contributed by atoms with Gasteiger partial charge in [0.2, 0.25) is 0 Å². The molecule has 4 saturated carbocycles. The quantitative estimate of drug-likeness (QED) is 0.139. The van der Waals surface area contributed by atoms with Gasteiger partial charge in [0.15, 0.2) is 0 Å². The Kier molecular flexibility index (Phi) is 12.3. The molecule has 0 atom stereocenters. The van der Waals surface area contributed by atoms with Crippen LogP contribution in [-0.2, 0) is 23.7 Å². The number of hydrogen-bond donors (Lipinski definition) is 0. The standard InChI is InChI=1S/C91H69N/c1-4-17-61(18-5-1)64-33-37-67(38-34-64)76-27-15-31-86-80(76)48-49-81-77(68-39-35-65(36-40-68)62-19-6-2-7-20-62)28-16-32-87(81)91(86)85-30-13-10-25-78(85)82-47-45-75(58-89(82)91)92(73-43-41-66(42-44-73)70-24-14-23-69(56-70)63-21-8-3-9-22-63)74-46-50-88-83(57-74)79-26-11-12-29-84(79)90(88)71-52-59-51-60(54-71)55-72(90)53-59/h1-47,50,56-60,71-72H,48-49,51-55H2. The molecular weight excluding hydrogens is 1110 g/mol. The van der Waals surface area contributed by atoms with Crippen molar-refractivity contribution < 1.29 is 0 Å². The highest BCUT2D eigenvalue weighted by Crippen LogP contribution is 2.70. The molecule has 1 nitrogen and oxygen atoms in total. The first-order chi connectivity index (χ1) is 45.6. The number of benzene rings is 13. The first-order valence-corrected chi connectivity index (χ1v) is 33.7.